The minimum Gasteiger partial charge on any atom is -0.317 e. The van der Waals surface area contributed by atoms with Gasteiger partial charge in [0.05, 0.1) is 5.69 Å². The first-order chi connectivity index (χ1) is 9.92. The standard InChI is InChI=1S/C13H19N3O2S3/c1-4-14-8-7-11-5-6-12(20-11)21(17,18)16-13-15-9(2)10(3)19-13/h5-6,14H,4,7-8H2,1-3H3,(H,15,16). The van der Waals surface area contributed by atoms with E-state index >= 15 is 0 Å². The summed E-state index contributed by atoms with van der Waals surface area (Å²) in [5.74, 6) is 0. The SMILES string of the molecule is CCNCCc1ccc(S(=O)(=O)Nc2nc(C)c(C)s2)s1. The fourth-order valence-corrected chi connectivity index (χ4v) is 5.11. The van der Waals surface area contributed by atoms with Crippen molar-refractivity contribution < 1.29 is 8.42 Å². The topological polar surface area (TPSA) is 71.1 Å². The van der Waals surface area contributed by atoms with E-state index in [4.69, 9.17) is 0 Å². The molecule has 5 nitrogen and oxygen atoms in total. The number of thiophene rings is 1. The molecule has 0 atom stereocenters. The van der Waals surface area contributed by atoms with E-state index in [0.717, 1.165) is 35.0 Å². The van der Waals surface area contributed by atoms with Gasteiger partial charge in [0.15, 0.2) is 5.13 Å². The molecule has 2 aromatic rings. The molecule has 21 heavy (non-hydrogen) atoms. The first kappa shape index (κ1) is 16.4. The van der Waals surface area contributed by atoms with E-state index in [-0.39, 0.29) is 0 Å². The van der Waals surface area contributed by atoms with E-state index in [1.165, 1.54) is 22.7 Å². The molecule has 0 fully saturated rings. The summed E-state index contributed by atoms with van der Waals surface area (Å²) in [5, 5.41) is 3.65. The molecule has 0 amide bonds. The van der Waals surface area contributed by atoms with E-state index in [9.17, 15) is 8.42 Å². The van der Waals surface area contributed by atoms with Gasteiger partial charge >= 0.3 is 0 Å². The number of sulfonamides is 1. The number of likely N-dealkylation sites (N-methyl/N-ethyl adjacent to an activating group) is 1. The van der Waals surface area contributed by atoms with E-state index in [0.29, 0.717) is 9.34 Å². The summed E-state index contributed by atoms with van der Waals surface area (Å²) in [5.41, 5.74) is 0.857. The number of thiazole rings is 1. The molecule has 0 saturated heterocycles. The first-order valence-electron chi connectivity index (χ1n) is 6.68. The van der Waals surface area contributed by atoms with Crippen LogP contribution in [0.4, 0.5) is 5.13 Å². The number of hydrogen-bond donors (Lipinski definition) is 2. The minimum atomic E-state index is -3.53. The lowest BCUT2D eigenvalue weighted by Gasteiger charge is -2.02. The van der Waals surface area contributed by atoms with Gasteiger partial charge in [-0.25, -0.2) is 13.4 Å². The molecule has 8 heteroatoms. The monoisotopic (exact) mass is 345 g/mol. The first-order valence-corrected chi connectivity index (χ1v) is 9.80. The Morgan fingerprint density at radius 3 is 2.62 bits per heavy atom. The van der Waals surface area contributed by atoms with E-state index in [1.807, 2.05) is 26.8 Å². The Hall–Kier alpha value is -0.960. The number of aromatic nitrogens is 1. The maximum absolute atomic E-state index is 12.3. The van der Waals surface area contributed by atoms with Gasteiger partial charge < -0.3 is 5.32 Å². The van der Waals surface area contributed by atoms with E-state index in [2.05, 4.69) is 15.0 Å². The van der Waals surface area contributed by atoms with Crippen LogP contribution in [0.5, 0.6) is 0 Å². The number of nitrogens with zero attached hydrogens (tertiary/aromatic N) is 1. The van der Waals surface area contributed by atoms with Gasteiger partial charge in [-0.05, 0) is 45.5 Å². The highest BCUT2D eigenvalue weighted by Crippen LogP contribution is 2.27. The average molecular weight is 346 g/mol. The number of nitrogens with one attached hydrogen (secondary N) is 2. The van der Waals surface area contributed by atoms with Crippen molar-refractivity contribution in [2.75, 3.05) is 17.8 Å². The number of anilines is 1. The predicted octanol–water partition coefficient (Wildman–Crippen LogP) is 2.77. The molecule has 0 unspecified atom stereocenters. The Morgan fingerprint density at radius 2 is 2.00 bits per heavy atom. The number of aryl methyl sites for hydroxylation is 2. The molecule has 0 aliphatic heterocycles. The van der Waals surface area contributed by atoms with Crippen molar-refractivity contribution in [2.45, 2.75) is 31.4 Å². The summed E-state index contributed by atoms with van der Waals surface area (Å²) >= 11 is 2.66. The molecule has 0 aliphatic rings. The van der Waals surface area contributed by atoms with Gasteiger partial charge in [-0.3, -0.25) is 4.72 Å². The smallest absolute Gasteiger partial charge is 0.273 e. The molecule has 116 valence electrons. The normalized spacial score (nSPS) is 11.8. The Morgan fingerprint density at radius 1 is 1.24 bits per heavy atom. The fourth-order valence-electron chi connectivity index (χ4n) is 1.71. The van der Waals surface area contributed by atoms with Crippen molar-refractivity contribution in [1.82, 2.24) is 10.3 Å². The van der Waals surface area contributed by atoms with Crippen molar-refractivity contribution in [1.29, 1.82) is 0 Å². The highest BCUT2D eigenvalue weighted by atomic mass is 32.2. The lowest BCUT2D eigenvalue weighted by molar-refractivity contribution is 0.603. The molecule has 2 rings (SSSR count). The number of rotatable bonds is 7. The van der Waals surface area contributed by atoms with Gasteiger partial charge in [-0.2, -0.15) is 0 Å². The zero-order valence-electron chi connectivity index (χ0n) is 12.3. The third-order valence-corrected chi connectivity index (χ3v) is 7.04. The molecule has 0 radical (unpaired) electrons. The van der Waals surface area contributed by atoms with Crippen LogP contribution in [0.1, 0.15) is 22.4 Å². The highest BCUT2D eigenvalue weighted by Gasteiger charge is 2.19. The van der Waals surface area contributed by atoms with Gasteiger partial charge in [-0.1, -0.05) is 6.92 Å². The summed E-state index contributed by atoms with van der Waals surface area (Å²) in [6.45, 7) is 7.62. The minimum absolute atomic E-state index is 0.333. The third-order valence-electron chi connectivity index (χ3n) is 2.95. The molecule has 0 spiro atoms. The largest absolute Gasteiger partial charge is 0.317 e. The van der Waals surface area contributed by atoms with Crippen molar-refractivity contribution in [3.8, 4) is 0 Å². The zero-order valence-corrected chi connectivity index (χ0v) is 14.7. The maximum atomic E-state index is 12.3. The van der Waals surface area contributed by atoms with Crippen molar-refractivity contribution in [3.05, 3.63) is 27.6 Å². The lowest BCUT2D eigenvalue weighted by Crippen LogP contribution is -2.15. The molecular formula is C13H19N3O2S3. The molecule has 2 N–H and O–H groups in total. The lowest BCUT2D eigenvalue weighted by atomic mass is 10.3. The van der Waals surface area contributed by atoms with Gasteiger partial charge in [0.2, 0.25) is 0 Å². The van der Waals surface area contributed by atoms with Crippen molar-refractivity contribution >= 4 is 37.8 Å². The van der Waals surface area contributed by atoms with E-state index < -0.39 is 10.0 Å². The molecule has 0 saturated carbocycles. The Labute approximate surface area is 133 Å². The van der Waals surface area contributed by atoms with Crippen LogP contribution in [0.25, 0.3) is 0 Å². The number of hydrogen-bond acceptors (Lipinski definition) is 6. The van der Waals surface area contributed by atoms with Gasteiger partial charge in [-0.15, -0.1) is 22.7 Å². The van der Waals surface area contributed by atoms with Crippen LogP contribution >= 0.6 is 22.7 Å². The van der Waals surface area contributed by atoms with Gasteiger partial charge in [0.1, 0.15) is 4.21 Å². The molecule has 2 heterocycles. The summed E-state index contributed by atoms with van der Waals surface area (Å²) in [4.78, 5) is 6.29. The summed E-state index contributed by atoms with van der Waals surface area (Å²) < 4.78 is 27.5. The second kappa shape index (κ2) is 6.87. The average Bonchev–Trinajstić information content (AvgIpc) is 2.98. The highest BCUT2D eigenvalue weighted by molar-refractivity contribution is 7.94. The second-order valence-electron chi connectivity index (χ2n) is 4.59. The van der Waals surface area contributed by atoms with Crippen LogP contribution < -0.4 is 10.0 Å². The second-order valence-corrected chi connectivity index (χ2v) is 8.87. The van der Waals surface area contributed by atoms with Crippen molar-refractivity contribution in [2.24, 2.45) is 0 Å². The quantitative estimate of drug-likeness (QED) is 0.757. The predicted molar refractivity (Wildman–Crippen MR) is 89.0 cm³/mol. The summed E-state index contributed by atoms with van der Waals surface area (Å²) in [6, 6.07) is 3.52. The Bertz CT molecular complexity index is 685. The Balaban J connectivity index is 2.08. The van der Waals surface area contributed by atoms with Gasteiger partial charge in [0, 0.05) is 9.75 Å². The van der Waals surface area contributed by atoms with Crippen LogP contribution in [0.3, 0.4) is 0 Å². The molecule has 2 aromatic heterocycles. The van der Waals surface area contributed by atoms with Crippen LogP contribution in [0.15, 0.2) is 16.3 Å². The molecule has 0 aromatic carbocycles. The van der Waals surface area contributed by atoms with Crippen LogP contribution in [-0.4, -0.2) is 26.5 Å². The zero-order chi connectivity index (χ0) is 15.5. The van der Waals surface area contributed by atoms with Gasteiger partial charge in [0.25, 0.3) is 10.0 Å². The summed E-state index contributed by atoms with van der Waals surface area (Å²) in [6.07, 6.45) is 0.837. The van der Waals surface area contributed by atoms with Crippen LogP contribution in [0, 0.1) is 13.8 Å². The molecule has 0 aliphatic carbocycles. The Kier molecular flexibility index (Phi) is 5.37. The summed E-state index contributed by atoms with van der Waals surface area (Å²) in [7, 11) is -3.53. The van der Waals surface area contributed by atoms with Crippen LogP contribution in [-0.2, 0) is 16.4 Å². The van der Waals surface area contributed by atoms with E-state index in [1.54, 1.807) is 6.07 Å². The molecular weight excluding hydrogens is 326 g/mol. The third kappa shape index (κ3) is 4.26. The fraction of sp³-hybridized carbons (Fsp3) is 0.462. The maximum Gasteiger partial charge on any atom is 0.273 e. The molecule has 0 bridgehead atoms. The van der Waals surface area contributed by atoms with Crippen molar-refractivity contribution in [3.63, 3.8) is 0 Å². The van der Waals surface area contributed by atoms with Crippen LogP contribution in [0.2, 0.25) is 0 Å².